The van der Waals surface area contributed by atoms with Crippen LogP contribution in [0, 0.1) is 0 Å². The minimum atomic E-state index is -0.131. The number of amides is 1. The summed E-state index contributed by atoms with van der Waals surface area (Å²) in [5.41, 5.74) is 3.23. The molecule has 0 aliphatic carbocycles. The van der Waals surface area contributed by atoms with Gasteiger partial charge in [0.05, 0.1) is 17.6 Å². The summed E-state index contributed by atoms with van der Waals surface area (Å²) >= 11 is 0. The average molecular weight is 385 g/mol. The molecule has 6 heteroatoms. The lowest BCUT2D eigenvalue weighted by molar-refractivity contribution is 0.102. The molecular formula is C23H23N5O. The van der Waals surface area contributed by atoms with E-state index in [2.05, 4.69) is 27.1 Å². The zero-order valence-electron chi connectivity index (χ0n) is 16.4. The van der Waals surface area contributed by atoms with Gasteiger partial charge in [-0.2, -0.15) is 0 Å². The van der Waals surface area contributed by atoms with Gasteiger partial charge in [0.25, 0.3) is 5.91 Å². The number of carbonyl (C=O) groups is 1. The molecule has 2 aromatic heterocycles. The number of rotatable bonds is 4. The van der Waals surface area contributed by atoms with E-state index in [-0.39, 0.29) is 5.91 Å². The Morgan fingerprint density at radius 2 is 2.14 bits per heavy atom. The Hall–Kier alpha value is -3.25. The predicted octanol–water partition coefficient (Wildman–Crippen LogP) is 4.35. The second-order valence-electron chi connectivity index (χ2n) is 7.77. The Morgan fingerprint density at radius 3 is 3.00 bits per heavy atom. The normalized spacial score (nSPS) is 17.2. The molecule has 29 heavy (non-hydrogen) atoms. The molecule has 2 N–H and O–H groups in total. The number of aromatic nitrogens is 3. The maximum Gasteiger partial charge on any atom is 0.255 e. The topological polar surface area (TPSA) is 73.9 Å². The van der Waals surface area contributed by atoms with Crippen LogP contribution >= 0.6 is 0 Å². The van der Waals surface area contributed by atoms with Gasteiger partial charge in [0, 0.05) is 35.1 Å². The van der Waals surface area contributed by atoms with Crippen LogP contribution in [-0.4, -0.2) is 38.3 Å². The molecule has 3 heterocycles. The molecule has 1 fully saturated rings. The second-order valence-corrected chi connectivity index (χ2v) is 7.77. The SMILES string of the molecule is C[C@H]1CCCN1Cc1nc2ccc(NC(=O)c3ccc4cnccc4c3)cc2[nH]1. The van der Waals surface area contributed by atoms with Crippen LogP contribution in [0.5, 0.6) is 0 Å². The van der Waals surface area contributed by atoms with Crippen molar-refractivity contribution in [2.75, 3.05) is 11.9 Å². The first-order valence-corrected chi connectivity index (χ1v) is 10.0. The highest BCUT2D eigenvalue weighted by molar-refractivity contribution is 6.06. The summed E-state index contributed by atoms with van der Waals surface area (Å²) < 4.78 is 0. The molecule has 0 unspecified atom stereocenters. The van der Waals surface area contributed by atoms with Gasteiger partial charge in [-0.1, -0.05) is 6.07 Å². The Morgan fingerprint density at radius 1 is 1.21 bits per heavy atom. The first-order chi connectivity index (χ1) is 14.2. The van der Waals surface area contributed by atoms with E-state index in [1.54, 1.807) is 12.4 Å². The van der Waals surface area contributed by atoms with Gasteiger partial charge < -0.3 is 10.3 Å². The summed E-state index contributed by atoms with van der Waals surface area (Å²) in [7, 11) is 0. The summed E-state index contributed by atoms with van der Waals surface area (Å²) in [6, 6.07) is 13.9. The maximum atomic E-state index is 12.7. The quantitative estimate of drug-likeness (QED) is 0.548. The van der Waals surface area contributed by atoms with Gasteiger partial charge in [-0.15, -0.1) is 0 Å². The number of imidazole rings is 1. The molecule has 0 saturated carbocycles. The predicted molar refractivity (Wildman–Crippen MR) is 115 cm³/mol. The van der Waals surface area contributed by atoms with E-state index in [4.69, 9.17) is 4.98 Å². The van der Waals surface area contributed by atoms with Crippen molar-refractivity contribution in [3.63, 3.8) is 0 Å². The third-order valence-corrected chi connectivity index (χ3v) is 5.73. The Labute approximate surface area is 169 Å². The van der Waals surface area contributed by atoms with Gasteiger partial charge in [0.1, 0.15) is 5.82 Å². The van der Waals surface area contributed by atoms with Crippen LogP contribution in [0.4, 0.5) is 5.69 Å². The molecular weight excluding hydrogens is 362 g/mol. The number of aromatic amines is 1. The lowest BCUT2D eigenvalue weighted by atomic mass is 10.1. The maximum absolute atomic E-state index is 12.7. The molecule has 0 spiro atoms. The van der Waals surface area contributed by atoms with Crippen molar-refractivity contribution in [3.05, 3.63) is 66.2 Å². The van der Waals surface area contributed by atoms with Crippen LogP contribution in [0.3, 0.4) is 0 Å². The summed E-state index contributed by atoms with van der Waals surface area (Å²) in [4.78, 5) is 27.4. The Bertz CT molecular complexity index is 1200. The highest BCUT2D eigenvalue weighted by Gasteiger charge is 2.21. The first-order valence-electron chi connectivity index (χ1n) is 10.0. The number of nitrogens with one attached hydrogen (secondary N) is 2. The number of pyridine rings is 1. The minimum Gasteiger partial charge on any atom is -0.341 e. The van der Waals surface area contributed by atoms with Crippen LogP contribution in [0.2, 0.25) is 0 Å². The van der Waals surface area contributed by atoms with Crippen LogP contribution in [0.25, 0.3) is 21.8 Å². The van der Waals surface area contributed by atoms with Crippen molar-refractivity contribution in [2.24, 2.45) is 0 Å². The number of benzene rings is 2. The number of hydrogen-bond acceptors (Lipinski definition) is 4. The van der Waals surface area contributed by atoms with Crippen LogP contribution in [0.15, 0.2) is 54.9 Å². The molecule has 6 nitrogen and oxygen atoms in total. The first kappa shape index (κ1) is 17.8. The van der Waals surface area contributed by atoms with E-state index in [0.717, 1.165) is 46.4 Å². The molecule has 0 radical (unpaired) electrons. The average Bonchev–Trinajstić information content (AvgIpc) is 3.33. The van der Waals surface area contributed by atoms with E-state index in [1.165, 1.54) is 12.8 Å². The molecule has 146 valence electrons. The molecule has 2 aromatic carbocycles. The van der Waals surface area contributed by atoms with Crippen molar-refractivity contribution in [2.45, 2.75) is 32.4 Å². The van der Waals surface area contributed by atoms with Gasteiger partial charge in [-0.25, -0.2) is 4.98 Å². The summed E-state index contributed by atoms with van der Waals surface area (Å²) in [6.45, 7) is 4.23. The van der Waals surface area contributed by atoms with Gasteiger partial charge in [-0.3, -0.25) is 14.7 Å². The number of carbonyl (C=O) groups excluding carboxylic acids is 1. The minimum absolute atomic E-state index is 0.131. The van der Waals surface area contributed by atoms with Gasteiger partial charge >= 0.3 is 0 Å². The van der Waals surface area contributed by atoms with Crippen molar-refractivity contribution in [3.8, 4) is 0 Å². The van der Waals surface area contributed by atoms with Gasteiger partial charge in [0.15, 0.2) is 0 Å². The lowest BCUT2D eigenvalue weighted by Gasteiger charge is -2.19. The molecule has 0 bridgehead atoms. The van der Waals surface area contributed by atoms with E-state index < -0.39 is 0 Å². The Kier molecular flexibility index (Phi) is 4.48. The van der Waals surface area contributed by atoms with Crippen molar-refractivity contribution < 1.29 is 4.79 Å². The molecule has 1 saturated heterocycles. The smallest absolute Gasteiger partial charge is 0.255 e. The summed E-state index contributed by atoms with van der Waals surface area (Å²) in [5, 5.41) is 5.01. The Balaban J connectivity index is 1.34. The zero-order chi connectivity index (χ0) is 19.8. The molecule has 1 atom stereocenters. The number of likely N-dealkylation sites (tertiary alicyclic amines) is 1. The highest BCUT2D eigenvalue weighted by Crippen LogP contribution is 2.22. The molecule has 1 aliphatic rings. The molecule has 5 rings (SSSR count). The van der Waals surface area contributed by atoms with Gasteiger partial charge in [0.2, 0.25) is 0 Å². The monoisotopic (exact) mass is 385 g/mol. The van der Waals surface area contributed by atoms with Crippen LogP contribution < -0.4 is 5.32 Å². The molecule has 4 aromatic rings. The second kappa shape index (κ2) is 7.29. The third-order valence-electron chi connectivity index (χ3n) is 5.73. The van der Waals surface area contributed by atoms with Crippen molar-refractivity contribution in [1.82, 2.24) is 19.9 Å². The fraction of sp³-hybridized carbons (Fsp3) is 0.261. The summed E-state index contributed by atoms with van der Waals surface area (Å²) in [6.07, 6.45) is 6.03. The number of H-pyrrole nitrogens is 1. The number of fused-ring (bicyclic) bond motifs is 2. The van der Waals surface area contributed by atoms with Gasteiger partial charge in [-0.05, 0) is 68.1 Å². The third kappa shape index (κ3) is 3.59. The molecule has 1 aliphatic heterocycles. The summed E-state index contributed by atoms with van der Waals surface area (Å²) in [5.74, 6) is 0.842. The molecule has 1 amide bonds. The van der Waals surface area contributed by atoms with Crippen LogP contribution in [-0.2, 0) is 6.54 Å². The number of nitrogens with zero attached hydrogens (tertiary/aromatic N) is 3. The van der Waals surface area contributed by atoms with Crippen LogP contribution in [0.1, 0.15) is 35.9 Å². The number of anilines is 1. The standard InChI is InChI=1S/C23H23N5O/c1-15-3-2-10-28(15)14-22-26-20-7-6-19(12-21(20)27-22)25-23(29)17-4-5-18-13-24-9-8-16(18)11-17/h4-9,11-13,15H,2-3,10,14H2,1H3,(H,25,29)(H,26,27)/t15-/m0/s1. The van der Waals surface area contributed by atoms with Crippen molar-refractivity contribution in [1.29, 1.82) is 0 Å². The van der Waals surface area contributed by atoms with E-state index >= 15 is 0 Å². The number of hydrogen-bond donors (Lipinski definition) is 2. The van der Waals surface area contributed by atoms with E-state index in [0.29, 0.717) is 11.6 Å². The zero-order valence-corrected chi connectivity index (χ0v) is 16.4. The largest absolute Gasteiger partial charge is 0.341 e. The fourth-order valence-electron chi connectivity index (χ4n) is 4.06. The lowest BCUT2D eigenvalue weighted by Crippen LogP contribution is -2.26. The van der Waals surface area contributed by atoms with Crippen molar-refractivity contribution >= 4 is 33.4 Å². The van der Waals surface area contributed by atoms with E-state index in [1.807, 2.05) is 42.5 Å². The fourth-order valence-corrected chi connectivity index (χ4v) is 4.06. The van der Waals surface area contributed by atoms with E-state index in [9.17, 15) is 4.79 Å². The highest BCUT2D eigenvalue weighted by atomic mass is 16.1.